The van der Waals surface area contributed by atoms with E-state index in [1.165, 1.54) is 0 Å². The highest BCUT2D eigenvalue weighted by Crippen LogP contribution is 2.36. The predicted octanol–water partition coefficient (Wildman–Crippen LogP) is 3.88. The maximum Gasteiger partial charge on any atom is 0.237 e. The molecule has 0 spiro atoms. The molecule has 1 aromatic heterocycles. The first-order valence-corrected chi connectivity index (χ1v) is 7.49. The minimum absolute atomic E-state index is 0.378. The summed E-state index contributed by atoms with van der Waals surface area (Å²) in [5.41, 5.74) is 3.51. The van der Waals surface area contributed by atoms with Crippen LogP contribution in [0.25, 0.3) is 16.9 Å². The van der Waals surface area contributed by atoms with Crippen molar-refractivity contribution in [1.82, 2.24) is 9.78 Å². The van der Waals surface area contributed by atoms with E-state index in [1.54, 1.807) is 35.9 Å². The zero-order valence-corrected chi connectivity index (χ0v) is 13.0. The fourth-order valence-corrected chi connectivity index (χ4v) is 3.07. The van der Waals surface area contributed by atoms with E-state index >= 15 is 0 Å². The summed E-state index contributed by atoms with van der Waals surface area (Å²) in [4.78, 5) is 24.8. The van der Waals surface area contributed by atoms with E-state index in [0.29, 0.717) is 27.5 Å². The van der Waals surface area contributed by atoms with Crippen molar-refractivity contribution in [3.05, 3.63) is 70.4 Å². The summed E-state index contributed by atoms with van der Waals surface area (Å²) in [5.74, 6) is -0.983. The maximum absolute atomic E-state index is 12.5. The molecule has 0 atom stereocenters. The van der Waals surface area contributed by atoms with Gasteiger partial charge in [0.25, 0.3) is 0 Å². The molecule has 5 heteroatoms. The number of hydrogen-bond acceptors (Lipinski definition) is 3. The number of fused-ring (bicyclic) bond motifs is 3. The number of carbonyl (C=O) groups excluding carboxylic acids is 2. The number of aromatic nitrogens is 2. The van der Waals surface area contributed by atoms with Crippen molar-refractivity contribution in [3.63, 3.8) is 0 Å². The maximum atomic E-state index is 12.5. The number of benzene rings is 2. The second kappa shape index (κ2) is 4.89. The third-order valence-electron chi connectivity index (χ3n) is 3.99. The summed E-state index contributed by atoms with van der Waals surface area (Å²) in [7, 11) is 0. The number of halogens is 1. The average molecular weight is 323 g/mol. The third-order valence-corrected chi connectivity index (χ3v) is 4.24. The lowest BCUT2D eigenvalue weighted by atomic mass is 9.87. The van der Waals surface area contributed by atoms with Crippen molar-refractivity contribution >= 4 is 23.2 Å². The minimum atomic E-state index is -0.503. The molecule has 23 heavy (non-hydrogen) atoms. The van der Waals surface area contributed by atoms with Gasteiger partial charge in [0, 0.05) is 16.1 Å². The van der Waals surface area contributed by atoms with E-state index < -0.39 is 11.6 Å². The first-order chi connectivity index (χ1) is 11.1. The Labute approximate surface area is 137 Å². The van der Waals surface area contributed by atoms with Crippen LogP contribution in [0.5, 0.6) is 0 Å². The summed E-state index contributed by atoms with van der Waals surface area (Å²) in [6.45, 7) is 1.74. The molecule has 0 bridgehead atoms. The van der Waals surface area contributed by atoms with Gasteiger partial charge in [-0.15, -0.1) is 0 Å². The van der Waals surface area contributed by atoms with Gasteiger partial charge in [0.1, 0.15) is 0 Å². The van der Waals surface area contributed by atoms with E-state index in [0.717, 1.165) is 11.3 Å². The number of Topliss-reactive ketones (excluding diaryl/α,β-unsaturated/α-hetero) is 2. The Morgan fingerprint density at radius 2 is 1.57 bits per heavy atom. The molecule has 0 saturated heterocycles. The quantitative estimate of drug-likeness (QED) is 0.639. The molecule has 0 N–H and O–H groups in total. The molecular weight excluding hydrogens is 312 g/mol. The molecule has 0 fully saturated rings. The fraction of sp³-hybridized carbons (Fsp3) is 0.0556. The monoisotopic (exact) mass is 322 g/mol. The van der Waals surface area contributed by atoms with Crippen LogP contribution in [0.4, 0.5) is 0 Å². The van der Waals surface area contributed by atoms with Crippen LogP contribution in [0.3, 0.4) is 0 Å². The smallest absolute Gasteiger partial charge is 0.237 e. The van der Waals surface area contributed by atoms with Crippen LogP contribution < -0.4 is 0 Å². The van der Waals surface area contributed by atoms with Gasteiger partial charge < -0.3 is 0 Å². The first-order valence-electron chi connectivity index (χ1n) is 7.12. The predicted molar refractivity (Wildman–Crippen MR) is 87.4 cm³/mol. The lowest BCUT2D eigenvalue weighted by Gasteiger charge is -2.16. The van der Waals surface area contributed by atoms with Crippen LogP contribution >= 0.6 is 11.6 Å². The normalized spacial score (nSPS) is 13.0. The zero-order chi connectivity index (χ0) is 16.1. The first kappa shape index (κ1) is 13.9. The second-order valence-corrected chi connectivity index (χ2v) is 5.84. The number of aryl methyl sites for hydroxylation is 1. The largest absolute Gasteiger partial charge is 0.285 e. The molecule has 0 saturated carbocycles. The van der Waals surface area contributed by atoms with E-state index in [9.17, 15) is 9.59 Å². The number of hydrogen-bond donors (Lipinski definition) is 0. The lowest BCUT2D eigenvalue weighted by molar-refractivity contribution is 0.0815. The molecule has 0 aliphatic heterocycles. The van der Waals surface area contributed by atoms with Gasteiger partial charge in [-0.1, -0.05) is 35.9 Å². The summed E-state index contributed by atoms with van der Waals surface area (Å²) in [6.07, 6.45) is 0. The lowest BCUT2D eigenvalue weighted by Crippen LogP contribution is -2.22. The second-order valence-electron chi connectivity index (χ2n) is 5.40. The van der Waals surface area contributed by atoms with E-state index in [4.69, 9.17) is 11.6 Å². The molecule has 112 valence electrons. The summed E-state index contributed by atoms with van der Waals surface area (Å²) < 4.78 is 1.70. The number of rotatable bonds is 1. The van der Waals surface area contributed by atoms with E-state index in [2.05, 4.69) is 5.10 Å². The van der Waals surface area contributed by atoms with Gasteiger partial charge in [-0.25, -0.2) is 4.68 Å². The van der Waals surface area contributed by atoms with Crippen LogP contribution in [0.1, 0.15) is 26.4 Å². The van der Waals surface area contributed by atoms with Gasteiger partial charge in [0.05, 0.1) is 22.6 Å². The molecule has 0 unspecified atom stereocenters. The number of nitrogens with zero attached hydrogens (tertiary/aromatic N) is 2. The van der Waals surface area contributed by atoms with Crippen molar-refractivity contribution in [2.45, 2.75) is 6.92 Å². The van der Waals surface area contributed by atoms with Crippen molar-refractivity contribution in [2.75, 3.05) is 0 Å². The summed E-state index contributed by atoms with van der Waals surface area (Å²) >= 11 is 5.94. The molecule has 2 aromatic carbocycles. The molecule has 1 aliphatic carbocycles. The highest BCUT2D eigenvalue weighted by Gasteiger charge is 2.35. The van der Waals surface area contributed by atoms with Crippen LogP contribution in [0.15, 0.2) is 48.5 Å². The van der Waals surface area contributed by atoms with Crippen LogP contribution in [0, 0.1) is 6.92 Å². The van der Waals surface area contributed by atoms with Gasteiger partial charge in [0.2, 0.25) is 11.6 Å². The van der Waals surface area contributed by atoms with Gasteiger partial charge in [-0.3, -0.25) is 9.59 Å². The highest BCUT2D eigenvalue weighted by molar-refractivity contribution is 6.53. The molecule has 3 aromatic rings. The summed E-state index contributed by atoms with van der Waals surface area (Å²) in [5, 5.41) is 5.10. The highest BCUT2D eigenvalue weighted by atomic mass is 35.5. The van der Waals surface area contributed by atoms with Crippen molar-refractivity contribution in [3.8, 4) is 16.9 Å². The van der Waals surface area contributed by atoms with Crippen molar-refractivity contribution in [2.24, 2.45) is 0 Å². The Kier molecular flexibility index (Phi) is 2.96. The van der Waals surface area contributed by atoms with Gasteiger partial charge >= 0.3 is 0 Å². The van der Waals surface area contributed by atoms with Gasteiger partial charge in [0.15, 0.2) is 0 Å². The van der Waals surface area contributed by atoms with Gasteiger partial charge in [-0.2, -0.15) is 5.10 Å². The van der Waals surface area contributed by atoms with Crippen LogP contribution in [-0.4, -0.2) is 21.3 Å². The molecule has 0 radical (unpaired) electrons. The number of carbonyl (C=O) groups is 2. The molecule has 4 nitrogen and oxygen atoms in total. The van der Waals surface area contributed by atoms with Crippen molar-refractivity contribution in [1.29, 1.82) is 0 Å². The molecular formula is C18H11ClN2O2. The average Bonchev–Trinajstić information content (AvgIpc) is 2.91. The zero-order valence-electron chi connectivity index (χ0n) is 12.2. The molecule has 0 amide bonds. The fourth-order valence-electron chi connectivity index (χ4n) is 2.94. The van der Waals surface area contributed by atoms with E-state index in [-0.39, 0.29) is 0 Å². The Morgan fingerprint density at radius 1 is 0.913 bits per heavy atom. The molecule has 4 rings (SSSR count). The Morgan fingerprint density at radius 3 is 2.26 bits per heavy atom. The van der Waals surface area contributed by atoms with Gasteiger partial charge in [-0.05, 0) is 31.2 Å². The SMILES string of the molecule is Cc1nn(-c2ccc(Cl)cc2)c2c1C(=O)C(=O)c1ccccc1-2. The van der Waals surface area contributed by atoms with Crippen LogP contribution in [0.2, 0.25) is 5.02 Å². The Balaban J connectivity index is 2.06. The van der Waals surface area contributed by atoms with Crippen LogP contribution in [-0.2, 0) is 0 Å². The topological polar surface area (TPSA) is 52.0 Å². The standard InChI is InChI=1S/C18H11ClN2O2/c1-10-15-16(21(20-10)12-8-6-11(19)7-9-12)13-4-2-3-5-14(13)17(22)18(15)23/h2-9H,1H3. The number of ketones is 2. The Bertz CT molecular complexity index is 971. The summed E-state index contributed by atoms with van der Waals surface area (Å²) in [6, 6.07) is 14.3. The Hall–Kier alpha value is -2.72. The van der Waals surface area contributed by atoms with Crippen molar-refractivity contribution < 1.29 is 9.59 Å². The minimum Gasteiger partial charge on any atom is -0.285 e. The molecule has 1 aliphatic rings. The third kappa shape index (κ3) is 1.95. The molecule has 1 heterocycles. The van der Waals surface area contributed by atoms with E-state index in [1.807, 2.05) is 24.3 Å².